The molecule has 0 aromatic heterocycles. The standard InChI is InChI=1S/C29H22N2O3/c1-2-6-19(7-3-1)20-10-12-21(13-11-20)24-17-25-23-8-4-5-9-26(23)34-29(31(25)30-24)22-14-15-27-28(16-22)33-18-32-27/h1-16,25,29H,17-18H2/t25-,29+/m0/s1. The number of nitrogens with zero attached hydrogens (tertiary/aromatic N) is 2. The molecule has 0 spiro atoms. The van der Waals surface area contributed by atoms with Crippen molar-refractivity contribution >= 4 is 5.71 Å². The molecule has 0 saturated carbocycles. The third kappa shape index (κ3) is 3.12. The topological polar surface area (TPSA) is 43.3 Å². The van der Waals surface area contributed by atoms with Gasteiger partial charge >= 0.3 is 0 Å². The van der Waals surface area contributed by atoms with Crippen LogP contribution >= 0.6 is 0 Å². The molecular weight excluding hydrogens is 424 g/mol. The summed E-state index contributed by atoms with van der Waals surface area (Å²) < 4.78 is 17.6. The van der Waals surface area contributed by atoms with Crippen LogP contribution in [0, 0.1) is 0 Å². The lowest BCUT2D eigenvalue weighted by molar-refractivity contribution is -0.0191. The number of hydrazone groups is 1. The van der Waals surface area contributed by atoms with E-state index in [1.54, 1.807) is 0 Å². The number of ether oxygens (including phenoxy) is 3. The van der Waals surface area contributed by atoms with E-state index in [4.69, 9.17) is 19.3 Å². The van der Waals surface area contributed by atoms with E-state index in [0.717, 1.165) is 40.5 Å². The van der Waals surface area contributed by atoms with Crippen LogP contribution < -0.4 is 14.2 Å². The van der Waals surface area contributed by atoms with Crippen LogP contribution in [-0.4, -0.2) is 17.5 Å². The second kappa shape index (κ2) is 7.66. The highest BCUT2D eigenvalue weighted by atomic mass is 16.7. The summed E-state index contributed by atoms with van der Waals surface area (Å²) in [5, 5.41) is 7.18. The van der Waals surface area contributed by atoms with Gasteiger partial charge in [0.15, 0.2) is 11.5 Å². The van der Waals surface area contributed by atoms with Crippen molar-refractivity contribution in [2.45, 2.75) is 18.7 Å². The van der Waals surface area contributed by atoms with Crippen molar-refractivity contribution in [3.05, 3.63) is 114 Å². The largest absolute Gasteiger partial charge is 0.464 e. The van der Waals surface area contributed by atoms with Crippen molar-refractivity contribution < 1.29 is 14.2 Å². The Bertz CT molecular complexity index is 1400. The van der Waals surface area contributed by atoms with Gasteiger partial charge in [-0.2, -0.15) is 5.10 Å². The van der Waals surface area contributed by atoms with E-state index >= 15 is 0 Å². The van der Waals surface area contributed by atoms with E-state index < -0.39 is 0 Å². The zero-order chi connectivity index (χ0) is 22.5. The summed E-state index contributed by atoms with van der Waals surface area (Å²) in [5.41, 5.74) is 6.77. The summed E-state index contributed by atoms with van der Waals surface area (Å²) in [6, 6.07) is 33.5. The molecule has 7 rings (SSSR count). The van der Waals surface area contributed by atoms with E-state index in [-0.39, 0.29) is 19.1 Å². The maximum absolute atomic E-state index is 6.48. The lowest BCUT2D eigenvalue weighted by Gasteiger charge is -2.38. The summed E-state index contributed by atoms with van der Waals surface area (Å²) in [7, 11) is 0. The highest BCUT2D eigenvalue weighted by Crippen LogP contribution is 2.48. The highest BCUT2D eigenvalue weighted by Gasteiger charge is 2.41. The van der Waals surface area contributed by atoms with Crippen molar-refractivity contribution in [3.8, 4) is 28.4 Å². The predicted octanol–water partition coefficient (Wildman–Crippen LogP) is 6.32. The van der Waals surface area contributed by atoms with Crippen molar-refractivity contribution in [1.29, 1.82) is 0 Å². The first-order valence-corrected chi connectivity index (χ1v) is 11.5. The maximum Gasteiger partial charge on any atom is 0.231 e. The fourth-order valence-corrected chi connectivity index (χ4v) is 4.98. The Labute approximate surface area is 197 Å². The van der Waals surface area contributed by atoms with E-state index in [1.165, 1.54) is 16.7 Å². The number of para-hydroxylation sites is 1. The van der Waals surface area contributed by atoms with Crippen molar-refractivity contribution in [2.24, 2.45) is 5.10 Å². The van der Waals surface area contributed by atoms with Gasteiger partial charge in [-0.25, -0.2) is 5.01 Å². The van der Waals surface area contributed by atoms with Crippen LogP contribution in [0.15, 0.2) is 102 Å². The molecule has 0 amide bonds. The van der Waals surface area contributed by atoms with Gasteiger partial charge in [0.1, 0.15) is 5.75 Å². The molecule has 4 aromatic rings. The van der Waals surface area contributed by atoms with Gasteiger partial charge in [-0.15, -0.1) is 0 Å². The first-order valence-electron chi connectivity index (χ1n) is 11.5. The van der Waals surface area contributed by atoms with Crippen LogP contribution in [0.1, 0.15) is 35.4 Å². The normalized spacial score (nSPS) is 19.8. The predicted molar refractivity (Wildman–Crippen MR) is 130 cm³/mol. The van der Waals surface area contributed by atoms with Gasteiger partial charge in [-0.1, -0.05) is 72.8 Å². The molecular formula is C29H22N2O3. The van der Waals surface area contributed by atoms with Gasteiger partial charge in [-0.3, -0.25) is 0 Å². The van der Waals surface area contributed by atoms with Crippen LogP contribution in [-0.2, 0) is 0 Å². The fourth-order valence-electron chi connectivity index (χ4n) is 4.98. The molecule has 34 heavy (non-hydrogen) atoms. The maximum atomic E-state index is 6.48. The molecule has 3 aliphatic rings. The Kier molecular flexibility index (Phi) is 4.34. The highest BCUT2D eigenvalue weighted by molar-refractivity contribution is 6.02. The number of hydrogen-bond acceptors (Lipinski definition) is 5. The van der Waals surface area contributed by atoms with Gasteiger partial charge < -0.3 is 14.2 Å². The lowest BCUT2D eigenvalue weighted by Crippen LogP contribution is -2.33. The van der Waals surface area contributed by atoms with E-state index in [0.29, 0.717) is 0 Å². The van der Waals surface area contributed by atoms with Crippen molar-refractivity contribution in [1.82, 2.24) is 5.01 Å². The molecule has 0 aliphatic carbocycles. The molecule has 3 aliphatic heterocycles. The van der Waals surface area contributed by atoms with Crippen molar-refractivity contribution in [3.63, 3.8) is 0 Å². The molecule has 2 atom stereocenters. The van der Waals surface area contributed by atoms with Gasteiger partial charge in [0.25, 0.3) is 0 Å². The molecule has 5 nitrogen and oxygen atoms in total. The number of benzene rings is 4. The van der Waals surface area contributed by atoms with Crippen LogP contribution in [0.3, 0.4) is 0 Å². The van der Waals surface area contributed by atoms with E-state index in [1.807, 2.05) is 36.4 Å². The minimum Gasteiger partial charge on any atom is -0.464 e. The molecule has 3 heterocycles. The van der Waals surface area contributed by atoms with Crippen LogP contribution in [0.2, 0.25) is 0 Å². The second-order valence-electron chi connectivity index (χ2n) is 8.71. The van der Waals surface area contributed by atoms with E-state index in [2.05, 4.69) is 65.7 Å². The SMILES string of the molecule is c1ccc(-c2ccc(C3=NN4[C@@H](c5ccc6c(c5)OCO6)Oc5ccccc5[C@@H]4C3)cc2)cc1. The number of fused-ring (bicyclic) bond motifs is 4. The van der Waals surface area contributed by atoms with Gasteiger partial charge in [0.05, 0.1) is 11.8 Å². The molecule has 0 unspecified atom stereocenters. The average molecular weight is 447 g/mol. The minimum atomic E-state index is -0.338. The molecule has 0 saturated heterocycles. The van der Waals surface area contributed by atoms with Crippen LogP contribution in [0.25, 0.3) is 11.1 Å². The Morgan fingerprint density at radius 3 is 2.29 bits per heavy atom. The number of hydrogen-bond donors (Lipinski definition) is 0. The Hall–Kier alpha value is -4.25. The minimum absolute atomic E-state index is 0.115. The zero-order valence-corrected chi connectivity index (χ0v) is 18.4. The molecule has 0 fully saturated rings. The third-order valence-corrected chi connectivity index (χ3v) is 6.71. The summed E-state index contributed by atoms with van der Waals surface area (Å²) in [5.74, 6) is 2.42. The molecule has 4 aromatic carbocycles. The number of rotatable bonds is 3. The summed E-state index contributed by atoms with van der Waals surface area (Å²) in [6.45, 7) is 0.251. The molecule has 0 N–H and O–H groups in total. The fraction of sp³-hybridized carbons (Fsp3) is 0.138. The third-order valence-electron chi connectivity index (χ3n) is 6.71. The average Bonchev–Trinajstić information content (AvgIpc) is 3.56. The Morgan fingerprint density at radius 2 is 1.41 bits per heavy atom. The molecule has 5 heteroatoms. The summed E-state index contributed by atoms with van der Waals surface area (Å²) in [6.07, 6.45) is 0.488. The summed E-state index contributed by atoms with van der Waals surface area (Å²) >= 11 is 0. The van der Waals surface area contributed by atoms with Crippen molar-refractivity contribution in [2.75, 3.05) is 6.79 Å². The van der Waals surface area contributed by atoms with Gasteiger partial charge in [0.2, 0.25) is 13.0 Å². The Balaban J connectivity index is 1.26. The molecule has 0 radical (unpaired) electrons. The van der Waals surface area contributed by atoms with Crippen LogP contribution in [0.4, 0.5) is 0 Å². The zero-order valence-electron chi connectivity index (χ0n) is 18.4. The molecule has 166 valence electrons. The first kappa shape index (κ1) is 19.2. The smallest absolute Gasteiger partial charge is 0.231 e. The van der Waals surface area contributed by atoms with E-state index in [9.17, 15) is 0 Å². The quantitative estimate of drug-likeness (QED) is 0.369. The first-order chi connectivity index (χ1) is 16.8. The Morgan fingerprint density at radius 1 is 0.676 bits per heavy atom. The van der Waals surface area contributed by atoms with Crippen LogP contribution in [0.5, 0.6) is 17.2 Å². The second-order valence-corrected chi connectivity index (χ2v) is 8.71. The van der Waals surface area contributed by atoms with Gasteiger partial charge in [0, 0.05) is 17.5 Å². The lowest BCUT2D eigenvalue weighted by atomic mass is 9.95. The monoisotopic (exact) mass is 446 g/mol. The molecule has 0 bridgehead atoms. The van der Waals surface area contributed by atoms with Gasteiger partial charge in [-0.05, 0) is 41.0 Å². The summed E-state index contributed by atoms with van der Waals surface area (Å²) in [4.78, 5) is 0.